The molecular formula is C15H15F3N2O3S. The van der Waals surface area contributed by atoms with Crippen LogP contribution in [0.2, 0.25) is 0 Å². The van der Waals surface area contributed by atoms with Crippen LogP contribution >= 0.6 is 12.2 Å². The van der Waals surface area contributed by atoms with E-state index in [2.05, 4.69) is 4.98 Å². The number of aromatic nitrogens is 1. The normalized spacial score (nSPS) is 14.8. The maximum atomic E-state index is 13.0. The minimum Gasteiger partial charge on any atom is -0.379 e. The van der Waals surface area contributed by atoms with E-state index in [1.54, 1.807) is 13.8 Å². The van der Waals surface area contributed by atoms with Gasteiger partial charge in [-0.1, -0.05) is 26.1 Å². The van der Waals surface area contributed by atoms with Crippen LogP contribution < -0.4 is 0 Å². The molecule has 0 saturated heterocycles. The lowest BCUT2D eigenvalue weighted by Crippen LogP contribution is -2.34. The molecule has 0 aliphatic rings. The number of halogens is 3. The number of nitro benzene ring substituents is 1. The molecule has 0 aliphatic carbocycles. The molecule has 24 heavy (non-hydrogen) atoms. The molecule has 1 unspecified atom stereocenters. The molecule has 1 atom stereocenters. The Kier molecular flexibility index (Phi) is 4.45. The number of nitrogens with one attached hydrogen (secondary N) is 1. The highest BCUT2D eigenvalue weighted by Gasteiger charge is 2.39. The minimum atomic E-state index is -4.86. The molecule has 5 nitrogen and oxygen atoms in total. The van der Waals surface area contributed by atoms with Gasteiger partial charge in [0.1, 0.15) is 11.2 Å². The van der Waals surface area contributed by atoms with Crippen LogP contribution in [0.4, 0.5) is 18.9 Å². The van der Waals surface area contributed by atoms with Crippen LogP contribution in [0.15, 0.2) is 18.2 Å². The second kappa shape index (κ2) is 5.82. The van der Waals surface area contributed by atoms with Crippen LogP contribution in [0.3, 0.4) is 0 Å². The first-order valence-electron chi connectivity index (χ1n) is 7.01. The molecule has 0 radical (unpaired) electrons. The summed E-state index contributed by atoms with van der Waals surface area (Å²) in [5.41, 5.74) is -3.74. The predicted octanol–water partition coefficient (Wildman–Crippen LogP) is 4.33. The van der Waals surface area contributed by atoms with Crippen LogP contribution in [0.5, 0.6) is 0 Å². The molecule has 0 spiro atoms. The fourth-order valence-corrected chi connectivity index (χ4v) is 2.61. The number of aromatic amines is 1. The Morgan fingerprint density at radius 3 is 2.38 bits per heavy atom. The van der Waals surface area contributed by atoms with Crippen molar-refractivity contribution in [2.45, 2.75) is 32.5 Å². The summed E-state index contributed by atoms with van der Waals surface area (Å²) >= 11 is 5.19. The van der Waals surface area contributed by atoms with E-state index in [4.69, 9.17) is 12.2 Å². The smallest absolute Gasteiger partial charge is 0.379 e. The van der Waals surface area contributed by atoms with Crippen LogP contribution in [-0.4, -0.2) is 19.9 Å². The summed E-state index contributed by atoms with van der Waals surface area (Å²) in [7, 11) is 0. The molecule has 0 saturated carbocycles. The topological polar surface area (TPSA) is 79.2 Å². The fraction of sp³-hybridized carbons (Fsp3) is 0.400. The molecule has 2 rings (SSSR count). The largest absolute Gasteiger partial charge is 0.423 e. The van der Waals surface area contributed by atoms with E-state index < -0.39 is 28.0 Å². The van der Waals surface area contributed by atoms with E-state index in [1.165, 1.54) is 13.0 Å². The van der Waals surface area contributed by atoms with Crippen molar-refractivity contribution in [1.29, 1.82) is 0 Å². The molecule has 0 amide bonds. The van der Waals surface area contributed by atoms with Gasteiger partial charge in [-0.2, -0.15) is 13.2 Å². The number of aliphatic hydroxyl groups is 1. The number of nitro groups is 1. The van der Waals surface area contributed by atoms with Gasteiger partial charge < -0.3 is 10.1 Å². The third kappa shape index (κ3) is 3.13. The second-order valence-corrected chi connectivity index (χ2v) is 6.43. The maximum Gasteiger partial charge on any atom is 0.423 e. The Bertz CT molecular complexity index is 825. The third-order valence-corrected chi connectivity index (χ3v) is 4.64. The first-order chi connectivity index (χ1) is 10.9. The zero-order valence-corrected chi connectivity index (χ0v) is 13.9. The van der Waals surface area contributed by atoms with Gasteiger partial charge in [-0.25, -0.2) is 0 Å². The number of H-pyrrole nitrogens is 1. The molecule has 9 heteroatoms. The third-order valence-electron chi connectivity index (χ3n) is 3.77. The molecule has 1 aromatic carbocycles. The van der Waals surface area contributed by atoms with Gasteiger partial charge in [-0.3, -0.25) is 10.1 Å². The van der Waals surface area contributed by atoms with E-state index in [0.29, 0.717) is 10.9 Å². The lowest BCUT2D eigenvalue weighted by molar-refractivity contribution is -0.387. The first-order valence-corrected chi connectivity index (χ1v) is 7.42. The number of alkyl halides is 3. The molecule has 0 aliphatic heterocycles. The van der Waals surface area contributed by atoms with E-state index >= 15 is 0 Å². The number of thiocarbonyl (C=S) groups is 1. The molecule has 0 bridgehead atoms. The van der Waals surface area contributed by atoms with Crippen molar-refractivity contribution in [3.8, 4) is 0 Å². The summed E-state index contributed by atoms with van der Waals surface area (Å²) in [4.78, 5) is 12.9. The molecule has 2 aromatic rings. The van der Waals surface area contributed by atoms with Crippen molar-refractivity contribution >= 4 is 33.7 Å². The van der Waals surface area contributed by atoms with Crippen molar-refractivity contribution in [2.24, 2.45) is 5.92 Å². The Morgan fingerprint density at radius 1 is 1.33 bits per heavy atom. The van der Waals surface area contributed by atoms with Gasteiger partial charge >= 0.3 is 6.18 Å². The highest BCUT2D eigenvalue weighted by atomic mass is 32.1. The van der Waals surface area contributed by atoms with E-state index in [1.807, 2.05) is 0 Å². The summed E-state index contributed by atoms with van der Waals surface area (Å²) in [6, 6.07) is 2.88. The van der Waals surface area contributed by atoms with Gasteiger partial charge in [0.25, 0.3) is 5.69 Å². The second-order valence-electron chi connectivity index (χ2n) is 5.99. The summed E-state index contributed by atoms with van der Waals surface area (Å²) in [5.74, 6) is -0.138. The fourth-order valence-electron chi connectivity index (χ4n) is 2.50. The Labute approximate surface area is 140 Å². The number of benzene rings is 1. The van der Waals surface area contributed by atoms with Crippen molar-refractivity contribution in [3.05, 3.63) is 39.6 Å². The highest BCUT2D eigenvalue weighted by Crippen LogP contribution is 2.39. The lowest BCUT2D eigenvalue weighted by atomic mass is 9.91. The summed E-state index contributed by atoms with van der Waals surface area (Å²) in [5, 5.41) is 21.7. The summed E-state index contributed by atoms with van der Waals surface area (Å²) < 4.78 is 39.1. The molecular weight excluding hydrogens is 345 g/mol. The van der Waals surface area contributed by atoms with E-state index in [0.717, 1.165) is 6.07 Å². The van der Waals surface area contributed by atoms with Gasteiger partial charge in [-0.05, 0) is 25.0 Å². The van der Waals surface area contributed by atoms with Crippen LogP contribution in [0.1, 0.15) is 32.0 Å². The maximum absolute atomic E-state index is 13.0. The number of fused-ring (bicyclic) bond motifs is 1. The monoisotopic (exact) mass is 360 g/mol. The Morgan fingerprint density at radius 2 is 1.92 bits per heavy atom. The molecule has 1 heterocycles. The van der Waals surface area contributed by atoms with Gasteiger partial charge in [-0.15, -0.1) is 0 Å². The van der Waals surface area contributed by atoms with Crippen molar-refractivity contribution in [3.63, 3.8) is 0 Å². The summed E-state index contributed by atoms with van der Waals surface area (Å²) in [6.07, 6.45) is -4.86. The van der Waals surface area contributed by atoms with Crippen molar-refractivity contribution in [1.82, 2.24) is 4.98 Å². The summed E-state index contributed by atoms with van der Waals surface area (Å²) in [6.45, 7) is 5.00. The number of hydrogen-bond donors (Lipinski definition) is 2. The predicted molar refractivity (Wildman–Crippen MR) is 87.0 cm³/mol. The number of hydrogen-bond acceptors (Lipinski definition) is 4. The van der Waals surface area contributed by atoms with Crippen molar-refractivity contribution < 1.29 is 23.2 Å². The van der Waals surface area contributed by atoms with E-state index in [9.17, 15) is 28.4 Å². The molecule has 1 aromatic heterocycles. The Hall–Kier alpha value is -2.00. The zero-order valence-electron chi connectivity index (χ0n) is 13.1. The average molecular weight is 360 g/mol. The van der Waals surface area contributed by atoms with Gasteiger partial charge in [0.15, 0.2) is 0 Å². The first kappa shape index (κ1) is 18.3. The zero-order chi connectivity index (χ0) is 18.4. The van der Waals surface area contributed by atoms with Crippen LogP contribution in [-0.2, 0) is 11.8 Å². The molecule has 130 valence electrons. The standard InChI is InChI=1S/C15H15F3N2O3S/c1-7(2)13(24)14(3,21)12-5-8-4-11(20(22)23)9(15(16,17)18)6-10(8)19-12/h4-7,19,21H,1-3H3. The quantitative estimate of drug-likeness (QED) is 0.483. The van der Waals surface area contributed by atoms with Gasteiger partial charge in [0.2, 0.25) is 0 Å². The molecule has 2 N–H and O–H groups in total. The van der Waals surface area contributed by atoms with Gasteiger partial charge in [0.05, 0.1) is 10.6 Å². The molecule has 0 fully saturated rings. The van der Waals surface area contributed by atoms with Crippen molar-refractivity contribution in [2.75, 3.05) is 0 Å². The van der Waals surface area contributed by atoms with Crippen LogP contribution in [0, 0.1) is 16.0 Å². The average Bonchev–Trinajstić information content (AvgIpc) is 2.87. The number of rotatable bonds is 4. The van der Waals surface area contributed by atoms with Gasteiger partial charge in [0, 0.05) is 21.8 Å². The minimum absolute atomic E-state index is 0.0368. The van der Waals surface area contributed by atoms with Crippen LogP contribution in [0.25, 0.3) is 10.9 Å². The lowest BCUT2D eigenvalue weighted by Gasteiger charge is -2.25. The SMILES string of the molecule is CC(C)C(=S)C(C)(O)c1cc2cc([N+](=O)[O-])c(C(F)(F)F)cc2[nH]1. The van der Waals surface area contributed by atoms with E-state index in [-0.39, 0.29) is 22.5 Å². The Balaban J connectivity index is 2.68. The highest BCUT2D eigenvalue weighted by molar-refractivity contribution is 7.80. The number of nitrogens with zero attached hydrogens (tertiary/aromatic N) is 1.